The SMILES string of the molecule is CC1(c2cc(CCl)on2)CCCC1. The summed E-state index contributed by atoms with van der Waals surface area (Å²) in [6.07, 6.45) is 5.06. The van der Waals surface area contributed by atoms with Crippen LogP contribution in [0.3, 0.4) is 0 Å². The first-order chi connectivity index (χ1) is 6.24. The topological polar surface area (TPSA) is 26.0 Å². The first kappa shape index (κ1) is 9.07. The molecule has 0 aliphatic heterocycles. The van der Waals surface area contributed by atoms with E-state index in [2.05, 4.69) is 12.1 Å². The molecule has 0 bridgehead atoms. The second-order valence-corrected chi connectivity index (χ2v) is 4.35. The van der Waals surface area contributed by atoms with Crippen molar-refractivity contribution in [3.05, 3.63) is 17.5 Å². The molecule has 0 saturated heterocycles. The summed E-state index contributed by atoms with van der Waals surface area (Å²) in [5, 5.41) is 4.08. The van der Waals surface area contributed by atoms with Crippen LogP contribution < -0.4 is 0 Å². The second kappa shape index (κ2) is 3.33. The minimum atomic E-state index is 0.244. The molecule has 0 radical (unpaired) electrons. The van der Waals surface area contributed by atoms with Crippen LogP contribution in [-0.2, 0) is 11.3 Å². The van der Waals surface area contributed by atoms with Gasteiger partial charge in [0.2, 0.25) is 0 Å². The summed E-state index contributed by atoms with van der Waals surface area (Å²) in [4.78, 5) is 0. The summed E-state index contributed by atoms with van der Waals surface area (Å²) >= 11 is 5.66. The third-order valence-corrected chi connectivity index (χ3v) is 3.28. The highest BCUT2D eigenvalue weighted by Crippen LogP contribution is 2.40. The van der Waals surface area contributed by atoms with Gasteiger partial charge in [-0.1, -0.05) is 24.9 Å². The Labute approximate surface area is 83.2 Å². The fourth-order valence-corrected chi connectivity index (χ4v) is 2.20. The monoisotopic (exact) mass is 199 g/mol. The van der Waals surface area contributed by atoms with Gasteiger partial charge in [-0.3, -0.25) is 0 Å². The molecule has 2 nitrogen and oxygen atoms in total. The second-order valence-electron chi connectivity index (χ2n) is 4.08. The van der Waals surface area contributed by atoms with E-state index < -0.39 is 0 Å². The van der Waals surface area contributed by atoms with Crippen molar-refractivity contribution in [1.29, 1.82) is 0 Å². The molecule has 1 aromatic heterocycles. The van der Waals surface area contributed by atoms with Gasteiger partial charge in [-0.2, -0.15) is 0 Å². The molecule has 0 N–H and O–H groups in total. The largest absolute Gasteiger partial charge is 0.360 e. The molecule has 2 rings (SSSR count). The summed E-state index contributed by atoms with van der Waals surface area (Å²) < 4.78 is 5.11. The predicted octanol–water partition coefficient (Wildman–Crippen LogP) is 3.25. The van der Waals surface area contributed by atoms with Crippen molar-refractivity contribution in [2.75, 3.05) is 0 Å². The Balaban J connectivity index is 2.23. The highest BCUT2D eigenvalue weighted by molar-refractivity contribution is 6.16. The van der Waals surface area contributed by atoms with Crippen molar-refractivity contribution >= 4 is 11.6 Å². The van der Waals surface area contributed by atoms with Crippen LogP contribution in [0.1, 0.15) is 44.1 Å². The molecule has 0 unspecified atom stereocenters. The molecule has 1 aliphatic rings. The summed E-state index contributed by atoms with van der Waals surface area (Å²) in [5.74, 6) is 1.20. The minimum Gasteiger partial charge on any atom is -0.360 e. The Morgan fingerprint density at radius 3 is 2.77 bits per heavy atom. The zero-order valence-corrected chi connectivity index (χ0v) is 8.60. The van der Waals surface area contributed by atoms with E-state index in [4.69, 9.17) is 16.1 Å². The van der Waals surface area contributed by atoms with Gasteiger partial charge in [-0.15, -0.1) is 11.6 Å². The number of hydrogen-bond acceptors (Lipinski definition) is 2. The van der Waals surface area contributed by atoms with Crippen LogP contribution in [0.15, 0.2) is 10.6 Å². The van der Waals surface area contributed by atoms with Gasteiger partial charge in [0.1, 0.15) is 0 Å². The van der Waals surface area contributed by atoms with Gasteiger partial charge in [0.15, 0.2) is 5.76 Å². The lowest BCUT2D eigenvalue weighted by molar-refractivity contribution is 0.361. The number of nitrogens with zero attached hydrogens (tertiary/aromatic N) is 1. The van der Waals surface area contributed by atoms with Gasteiger partial charge in [-0.25, -0.2) is 0 Å². The molecule has 0 aromatic carbocycles. The summed E-state index contributed by atoms with van der Waals surface area (Å²) in [5.41, 5.74) is 1.33. The highest BCUT2D eigenvalue weighted by atomic mass is 35.5. The zero-order chi connectivity index (χ0) is 9.31. The quantitative estimate of drug-likeness (QED) is 0.684. The Bertz CT molecular complexity index is 289. The molecule has 1 aliphatic carbocycles. The van der Waals surface area contributed by atoms with E-state index in [1.807, 2.05) is 6.07 Å². The molecular weight excluding hydrogens is 186 g/mol. The molecule has 1 heterocycles. The molecule has 0 amide bonds. The van der Waals surface area contributed by atoms with Gasteiger partial charge in [0.25, 0.3) is 0 Å². The maximum absolute atomic E-state index is 5.66. The number of aromatic nitrogens is 1. The van der Waals surface area contributed by atoms with E-state index in [-0.39, 0.29) is 5.41 Å². The van der Waals surface area contributed by atoms with Crippen LogP contribution in [0.4, 0.5) is 0 Å². The van der Waals surface area contributed by atoms with Crippen molar-refractivity contribution in [3.63, 3.8) is 0 Å². The first-order valence-corrected chi connectivity index (χ1v) is 5.30. The van der Waals surface area contributed by atoms with Crippen LogP contribution in [0, 0.1) is 0 Å². The molecule has 0 spiro atoms. The summed E-state index contributed by atoms with van der Waals surface area (Å²) in [7, 11) is 0. The maximum Gasteiger partial charge on any atom is 0.151 e. The average Bonchev–Trinajstić information content (AvgIpc) is 2.72. The summed E-state index contributed by atoms with van der Waals surface area (Å²) in [6, 6.07) is 2.00. The van der Waals surface area contributed by atoms with Crippen molar-refractivity contribution < 1.29 is 4.52 Å². The van der Waals surface area contributed by atoms with E-state index in [0.717, 1.165) is 11.5 Å². The van der Waals surface area contributed by atoms with Gasteiger partial charge < -0.3 is 4.52 Å². The molecule has 13 heavy (non-hydrogen) atoms. The third kappa shape index (κ3) is 1.60. The number of rotatable bonds is 2. The average molecular weight is 200 g/mol. The first-order valence-electron chi connectivity index (χ1n) is 4.77. The van der Waals surface area contributed by atoms with Crippen molar-refractivity contribution in [2.45, 2.75) is 43.9 Å². The minimum absolute atomic E-state index is 0.244. The maximum atomic E-state index is 5.66. The zero-order valence-electron chi connectivity index (χ0n) is 7.85. The molecule has 72 valence electrons. The highest BCUT2D eigenvalue weighted by Gasteiger charge is 2.33. The Kier molecular flexibility index (Phi) is 2.33. The molecule has 3 heteroatoms. The Morgan fingerprint density at radius 2 is 2.23 bits per heavy atom. The van der Waals surface area contributed by atoms with E-state index in [0.29, 0.717) is 5.88 Å². The number of alkyl halides is 1. The van der Waals surface area contributed by atoms with Gasteiger partial charge in [0.05, 0.1) is 11.6 Å². The summed E-state index contributed by atoms with van der Waals surface area (Å²) in [6.45, 7) is 2.26. The molecular formula is C10H14ClNO. The van der Waals surface area contributed by atoms with Crippen LogP contribution in [-0.4, -0.2) is 5.16 Å². The van der Waals surface area contributed by atoms with Gasteiger partial charge in [0, 0.05) is 11.5 Å². The number of halogens is 1. The molecule has 1 saturated carbocycles. The van der Waals surface area contributed by atoms with Crippen molar-refractivity contribution in [1.82, 2.24) is 5.16 Å². The Morgan fingerprint density at radius 1 is 1.54 bits per heavy atom. The molecule has 1 aromatic rings. The van der Waals surface area contributed by atoms with Crippen LogP contribution in [0.2, 0.25) is 0 Å². The van der Waals surface area contributed by atoms with Gasteiger partial charge >= 0.3 is 0 Å². The van der Waals surface area contributed by atoms with Crippen molar-refractivity contribution in [3.8, 4) is 0 Å². The Hall–Kier alpha value is -0.500. The van der Waals surface area contributed by atoms with E-state index in [1.54, 1.807) is 0 Å². The van der Waals surface area contributed by atoms with E-state index in [9.17, 15) is 0 Å². The smallest absolute Gasteiger partial charge is 0.151 e. The van der Waals surface area contributed by atoms with Crippen LogP contribution in [0.5, 0.6) is 0 Å². The lowest BCUT2D eigenvalue weighted by atomic mass is 9.85. The predicted molar refractivity (Wildman–Crippen MR) is 51.9 cm³/mol. The third-order valence-electron chi connectivity index (χ3n) is 3.02. The molecule has 1 fully saturated rings. The lowest BCUT2D eigenvalue weighted by Crippen LogP contribution is -2.16. The van der Waals surface area contributed by atoms with E-state index in [1.165, 1.54) is 25.7 Å². The van der Waals surface area contributed by atoms with Gasteiger partial charge in [-0.05, 0) is 12.8 Å². The normalized spacial score (nSPS) is 20.8. The standard InChI is InChI=1S/C10H14ClNO/c1-10(4-2-3-5-10)9-6-8(7-11)13-12-9/h6H,2-5,7H2,1H3. The van der Waals surface area contributed by atoms with E-state index >= 15 is 0 Å². The fourth-order valence-electron chi connectivity index (χ4n) is 2.07. The lowest BCUT2D eigenvalue weighted by Gasteiger charge is -2.19. The number of hydrogen-bond donors (Lipinski definition) is 0. The fraction of sp³-hybridized carbons (Fsp3) is 0.700. The van der Waals surface area contributed by atoms with Crippen LogP contribution in [0.25, 0.3) is 0 Å². The molecule has 0 atom stereocenters. The van der Waals surface area contributed by atoms with Crippen molar-refractivity contribution in [2.24, 2.45) is 0 Å². The van der Waals surface area contributed by atoms with Crippen LogP contribution >= 0.6 is 11.6 Å².